The topological polar surface area (TPSA) is 16.4 Å². The molecule has 0 amide bonds. The van der Waals surface area contributed by atoms with E-state index in [9.17, 15) is 0 Å². The normalized spacial score (nSPS) is 11.2. The summed E-state index contributed by atoms with van der Waals surface area (Å²) in [5.74, 6) is 0. The highest BCUT2D eigenvalue weighted by atomic mass is 16.3. The zero-order valence-electron chi connectivity index (χ0n) is 27.4. The first kappa shape index (κ1) is 29.5. The molecule has 2 heteroatoms. The Kier molecular flexibility index (Phi) is 7.53. The molecule has 236 valence electrons. The third-order valence-corrected chi connectivity index (χ3v) is 9.50. The molecule has 0 aliphatic rings. The van der Waals surface area contributed by atoms with E-state index < -0.39 is 0 Å². The van der Waals surface area contributed by atoms with Gasteiger partial charge in [-0.1, -0.05) is 152 Å². The quantitative estimate of drug-likeness (QED) is 0.173. The van der Waals surface area contributed by atoms with E-state index in [0.717, 1.165) is 44.6 Å². The third-order valence-electron chi connectivity index (χ3n) is 9.50. The first-order valence-corrected chi connectivity index (χ1v) is 17.0. The number of hydrogen-bond donors (Lipinski definition) is 0. The molecule has 0 unspecified atom stereocenters. The summed E-state index contributed by atoms with van der Waals surface area (Å²) < 4.78 is 6.22. The van der Waals surface area contributed by atoms with Crippen LogP contribution in [0.25, 0.3) is 66.4 Å². The van der Waals surface area contributed by atoms with E-state index in [4.69, 9.17) is 4.42 Å². The third kappa shape index (κ3) is 5.34. The van der Waals surface area contributed by atoms with Gasteiger partial charge in [0.15, 0.2) is 0 Å². The Bertz CT molecular complexity index is 2590. The van der Waals surface area contributed by atoms with Crippen LogP contribution in [0.4, 0.5) is 17.1 Å². The Labute approximate surface area is 292 Å². The van der Waals surface area contributed by atoms with Crippen molar-refractivity contribution in [3.05, 3.63) is 200 Å². The first-order chi connectivity index (χ1) is 24.8. The van der Waals surface area contributed by atoms with Gasteiger partial charge in [0, 0.05) is 27.7 Å². The van der Waals surface area contributed by atoms with Crippen LogP contribution in [-0.2, 0) is 0 Å². The zero-order valence-corrected chi connectivity index (χ0v) is 27.4. The van der Waals surface area contributed by atoms with Gasteiger partial charge in [-0.25, -0.2) is 0 Å². The molecule has 1 aromatic heterocycles. The fraction of sp³-hybridized carbons (Fsp3) is 0. The van der Waals surface area contributed by atoms with Crippen molar-refractivity contribution < 1.29 is 4.42 Å². The average Bonchev–Trinajstić information content (AvgIpc) is 3.57. The van der Waals surface area contributed by atoms with Crippen LogP contribution >= 0.6 is 0 Å². The SMILES string of the molecule is c1ccc(-c2ccc(-c3ccccc3-c3ccccc3N(c3ccccc3)c3ccc4oc5ccccc5c4c3)c(-c3ccccc3)c2)cc1. The van der Waals surface area contributed by atoms with Gasteiger partial charge in [-0.3, -0.25) is 0 Å². The maximum absolute atomic E-state index is 6.22. The molecule has 0 fully saturated rings. The monoisotopic (exact) mass is 639 g/mol. The van der Waals surface area contributed by atoms with Gasteiger partial charge in [-0.2, -0.15) is 0 Å². The molecule has 0 aliphatic heterocycles. The van der Waals surface area contributed by atoms with E-state index in [-0.39, 0.29) is 0 Å². The minimum Gasteiger partial charge on any atom is -0.456 e. The lowest BCUT2D eigenvalue weighted by molar-refractivity contribution is 0.669. The van der Waals surface area contributed by atoms with Crippen LogP contribution in [0.15, 0.2) is 205 Å². The van der Waals surface area contributed by atoms with E-state index in [1.807, 2.05) is 12.1 Å². The molecule has 9 rings (SSSR count). The number of nitrogens with zero attached hydrogens (tertiary/aromatic N) is 1. The molecule has 9 aromatic rings. The van der Waals surface area contributed by atoms with Crippen LogP contribution in [0.5, 0.6) is 0 Å². The lowest BCUT2D eigenvalue weighted by Crippen LogP contribution is -2.11. The predicted octanol–water partition coefficient (Wildman–Crippen LogP) is 13.7. The molecule has 0 atom stereocenters. The fourth-order valence-electron chi connectivity index (χ4n) is 7.15. The summed E-state index contributed by atoms with van der Waals surface area (Å²) in [6.07, 6.45) is 0. The van der Waals surface area contributed by atoms with Crippen LogP contribution in [0.1, 0.15) is 0 Å². The summed E-state index contributed by atoms with van der Waals surface area (Å²) in [5, 5.41) is 2.21. The van der Waals surface area contributed by atoms with Crippen molar-refractivity contribution in [3.8, 4) is 44.5 Å². The van der Waals surface area contributed by atoms with Gasteiger partial charge in [0.2, 0.25) is 0 Å². The van der Waals surface area contributed by atoms with E-state index in [1.54, 1.807) is 0 Å². The minimum atomic E-state index is 0.883. The van der Waals surface area contributed by atoms with Crippen molar-refractivity contribution in [1.82, 2.24) is 0 Å². The lowest BCUT2D eigenvalue weighted by Gasteiger charge is -2.28. The van der Waals surface area contributed by atoms with E-state index >= 15 is 0 Å². The van der Waals surface area contributed by atoms with Crippen molar-refractivity contribution in [2.24, 2.45) is 0 Å². The summed E-state index contributed by atoms with van der Waals surface area (Å²) in [6, 6.07) is 71.2. The highest BCUT2D eigenvalue weighted by Gasteiger charge is 2.21. The second-order valence-corrected chi connectivity index (χ2v) is 12.5. The van der Waals surface area contributed by atoms with Crippen LogP contribution in [0.2, 0.25) is 0 Å². The largest absolute Gasteiger partial charge is 0.456 e. The summed E-state index contributed by atoms with van der Waals surface area (Å²) in [4.78, 5) is 2.37. The first-order valence-electron chi connectivity index (χ1n) is 17.0. The van der Waals surface area contributed by atoms with Crippen molar-refractivity contribution in [1.29, 1.82) is 0 Å². The molecule has 0 bridgehead atoms. The van der Waals surface area contributed by atoms with Gasteiger partial charge < -0.3 is 9.32 Å². The van der Waals surface area contributed by atoms with Crippen molar-refractivity contribution in [2.45, 2.75) is 0 Å². The van der Waals surface area contributed by atoms with Crippen LogP contribution in [0.3, 0.4) is 0 Å². The molecule has 0 aliphatic carbocycles. The summed E-state index contributed by atoms with van der Waals surface area (Å²) >= 11 is 0. The van der Waals surface area contributed by atoms with Gasteiger partial charge in [0.25, 0.3) is 0 Å². The molecule has 50 heavy (non-hydrogen) atoms. The number of hydrogen-bond acceptors (Lipinski definition) is 2. The molecular formula is C48H33NO. The number of anilines is 3. The molecule has 8 aromatic carbocycles. The second-order valence-electron chi connectivity index (χ2n) is 12.5. The Balaban J connectivity index is 1.25. The predicted molar refractivity (Wildman–Crippen MR) is 210 cm³/mol. The molecule has 0 saturated heterocycles. The lowest BCUT2D eigenvalue weighted by atomic mass is 9.87. The molecule has 0 N–H and O–H groups in total. The van der Waals surface area contributed by atoms with Crippen LogP contribution in [0, 0.1) is 0 Å². The van der Waals surface area contributed by atoms with Crippen LogP contribution in [-0.4, -0.2) is 0 Å². The Hall–Kier alpha value is -6.64. The van der Waals surface area contributed by atoms with Crippen LogP contribution < -0.4 is 4.90 Å². The molecule has 2 nitrogen and oxygen atoms in total. The number of benzene rings is 8. The highest BCUT2D eigenvalue weighted by molar-refractivity contribution is 6.07. The average molecular weight is 640 g/mol. The van der Waals surface area contributed by atoms with Crippen molar-refractivity contribution >= 4 is 39.0 Å². The minimum absolute atomic E-state index is 0.883. The Morgan fingerprint density at radius 1 is 0.300 bits per heavy atom. The second kappa shape index (κ2) is 12.8. The standard InChI is InChI=1S/C48H33NO/c1-4-16-34(17-5-1)36-28-30-41(44(32-36)35-18-6-2-7-19-35)39-22-10-11-23-40(39)42-24-12-14-26-46(42)49(37-20-8-3-9-21-37)38-29-31-48-45(33-38)43-25-13-15-27-47(43)50-48/h1-33H. The number of fused-ring (bicyclic) bond motifs is 3. The Morgan fingerprint density at radius 3 is 1.62 bits per heavy atom. The van der Waals surface area contributed by atoms with Gasteiger partial charge in [0.05, 0.1) is 5.69 Å². The van der Waals surface area contributed by atoms with Crippen molar-refractivity contribution in [3.63, 3.8) is 0 Å². The Morgan fingerprint density at radius 2 is 0.860 bits per heavy atom. The van der Waals surface area contributed by atoms with Crippen molar-refractivity contribution in [2.75, 3.05) is 4.90 Å². The maximum Gasteiger partial charge on any atom is 0.135 e. The van der Waals surface area contributed by atoms with E-state index in [1.165, 1.54) is 38.9 Å². The fourth-order valence-corrected chi connectivity index (χ4v) is 7.15. The van der Waals surface area contributed by atoms with Gasteiger partial charge in [0.1, 0.15) is 11.2 Å². The zero-order chi connectivity index (χ0) is 33.3. The molecular weight excluding hydrogens is 607 g/mol. The molecule has 1 heterocycles. The van der Waals surface area contributed by atoms with Gasteiger partial charge in [-0.05, 0) is 87.5 Å². The summed E-state index contributed by atoms with van der Waals surface area (Å²) in [5.41, 5.74) is 14.5. The molecule has 0 radical (unpaired) electrons. The maximum atomic E-state index is 6.22. The molecule has 0 spiro atoms. The number of para-hydroxylation sites is 3. The van der Waals surface area contributed by atoms with Gasteiger partial charge >= 0.3 is 0 Å². The van der Waals surface area contributed by atoms with E-state index in [0.29, 0.717) is 0 Å². The smallest absolute Gasteiger partial charge is 0.135 e. The van der Waals surface area contributed by atoms with Gasteiger partial charge in [-0.15, -0.1) is 0 Å². The highest BCUT2D eigenvalue weighted by Crippen LogP contribution is 2.46. The number of furan rings is 1. The summed E-state index contributed by atoms with van der Waals surface area (Å²) in [6.45, 7) is 0. The van der Waals surface area contributed by atoms with E-state index in [2.05, 4.69) is 193 Å². The summed E-state index contributed by atoms with van der Waals surface area (Å²) in [7, 11) is 0. The number of rotatable bonds is 7. The molecule has 0 saturated carbocycles.